The Labute approximate surface area is 85.0 Å². The number of allylic oxidation sites excluding steroid dienone is 1. The average Bonchev–Trinajstić information content (AvgIpc) is 2.20. The number of ether oxygens (including phenoxy) is 1. The van der Waals surface area contributed by atoms with E-state index in [1.54, 1.807) is 6.20 Å². The van der Waals surface area contributed by atoms with Gasteiger partial charge in [-0.25, -0.2) is 0 Å². The highest BCUT2D eigenvalue weighted by Crippen LogP contribution is 1.96. The summed E-state index contributed by atoms with van der Waals surface area (Å²) < 4.78 is 5.24. The molecule has 1 aliphatic rings. The summed E-state index contributed by atoms with van der Waals surface area (Å²) in [6.45, 7) is 9.66. The summed E-state index contributed by atoms with van der Waals surface area (Å²) in [4.78, 5) is 10.2. The zero-order valence-corrected chi connectivity index (χ0v) is 8.65. The van der Waals surface area contributed by atoms with Gasteiger partial charge >= 0.3 is 0 Å². The fourth-order valence-corrected chi connectivity index (χ4v) is 1.22. The molecule has 0 atom stereocenters. The molecule has 78 valence electrons. The molecule has 1 saturated heterocycles. The maximum absolute atomic E-state index is 5.24. The minimum atomic E-state index is 0.742. The van der Waals surface area contributed by atoms with Gasteiger partial charge in [0.2, 0.25) is 0 Å². The van der Waals surface area contributed by atoms with E-state index in [2.05, 4.69) is 21.6 Å². The molecule has 0 bridgehead atoms. The maximum atomic E-state index is 5.24. The average molecular weight is 195 g/mol. The van der Waals surface area contributed by atoms with Gasteiger partial charge in [-0.1, -0.05) is 0 Å². The van der Waals surface area contributed by atoms with Crippen molar-refractivity contribution in [1.82, 2.24) is 4.90 Å². The highest BCUT2D eigenvalue weighted by molar-refractivity contribution is 5.77. The fourth-order valence-electron chi connectivity index (χ4n) is 1.22. The Hall–Kier alpha value is -1.00. The third-order valence-corrected chi connectivity index (χ3v) is 1.98. The topological polar surface area (TPSA) is 37.2 Å². The normalized spacial score (nSPS) is 20.2. The van der Waals surface area contributed by atoms with Crippen molar-refractivity contribution in [2.45, 2.75) is 6.92 Å². The summed E-state index contributed by atoms with van der Waals surface area (Å²) in [5, 5.41) is 0. The fraction of sp³-hybridized carbons (Fsp3) is 0.600. The van der Waals surface area contributed by atoms with Crippen LogP contribution in [0.2, 0.25) is 0 Å². The number of aliphatic imine (C=N–C) groups is 2. The molecule has 0 spiro atoms. The molecule has 0 saturated carbocycles. The van der Waals surface area contributed by atoms with Crippen molar-refractivity contribution in [2.75, 3.05) is 33.0 Å². The zero-order valence-electron chi connectivity index (χ0n) is 8.65. The van der Waals surface area contributed by atoms with Gasteiger partial charge in [0, 0.05) is 25.5 Å². The number of hydrogen-bond donors (Lipinski definition) is 0. The molecule has 1 heterocycles. The summed E-state index contributed by atoms with van der Waals surface area (Å²) in [6, 6.07) is 0. The van der Waals surface area contributed by atoms with Crippen LogP contribution < -0.4 is 0 Å². The first-order valence-electron chi connectivity index (χ1n) is 4.75. The molecule has 0 aromatic rings. The van der Waals surface area contributed by atoms with Gasteiger partial charge in [-0.3, -0.25) is 14.9 Å². The van der Waals surface area contributed by atoms with Crippen LogP contribution in [0.3, 0.4) is 0 Å². The van der Waals surface area contributed by atoms with E-state index in [9.17, 15) is 0 Å². The smallest absolute Gasteiger partial charge is 0.0911 e. The van der Waals surface area contributed by atoms with Gasteiger partial charge in [0.1, 0.15) is 0 Å². The lowest BCUT2D eigenvalue weighted by Gasteiger charge is -2.24. The van der Waals surface area contributed by atoms with Crippen molar-refractivity contribution in [3.8, 4) is 0 Å². The second-order valence-corrected chi connectivity index (χ2v) is 3.24. The van der Waals surface area contributed by atoms with Crippen LogP contribution in [0, 0.1) is 0 Å². The second kappa shape index (κ2) is 6.45. The molecule has 0 unspecified atom stereocenters. The monoisotopic (exact) mass is 195 g/mol. The summed E-state index contributed by atoms with van der Waals surface area (Å²) in [5.74, 6) is 0. The molecule has 0 aliphatic carbocycles. The van der Waals surface area contributed by atoms with Crippen LogP contribution >= 0.6 is 0 Å². The van der Waals surface area contributed by atoms with E-state index < -0.39 is 0 Å². The van der Waals surface area contributed by atoms with Gasteiger partial charge in [-0.2, -0.15) is 0 Å². The molecule has 1 fully saturated rings. The Morgan fingerprint density at radius 1 is 1.50 bits per heavy atom. The molecule has 14 heavy (non-hydrogen) atoms. The molecule has 1 aliphatic heterocycles. The van der Waals surface area contributed by atoms with Gasteiger partial charge in [0.05, 0.1) is 19.9 Å². The number of hydrogen-bond acceptors (Lipinski definition) is 4. The molecule has 4 nitrogen and oxygen atoms in total. The molecule has 0 N–H and O–H groups in total. The lowest BCUT2D eigenvalue weighted by atomic mass is 10.4. The van der Waals surface area contributed by atoms with E-state index in [1.165, 1.54) is 0 Å². The van der Waals surface area contributed by atoms with Crippen LogP contribution in [0.15, 0.2) is 21.8 Å². The Morgan fingerprint density at radius 3 is 2.86 bits per heavy atom. The van der Waals surface area contributed by atoms with Crippen LogP contribution in [0.5, 0.6) is 0 Å². The predicted octanol–water partition coefficient (Wildman–Crippen LogP) is 0.951. The SMILES string of the molecule is C=N/C=C(C)\C=N/CN1CCOCC1. The number of morpholine rings is 1. The first-order valence-corrected chi connectivity index (χ1v) is 4.75. The van der Waals surface area contributed by atoms with Gasteiger partial charge in [-0.05, 0) is 19.2 Å². The molecule has 4 heteroatoms. The zero-order chi connectivity index (χ0) is 10.2. The molecular formula is C10H17N3O. The van der Waals surface area contributed by atoms with Crippen LogP contribution in [-0.2, 0) is 4.74 Å². The van der Waals surface area contributed by atoms with Crippen LogP contribution in [-0.4, -0.2) is 50.8 Å². The third kappa shape index (κ3) is 4.30. The van der Waals surface area contributed by atoms with E-state index in [0.29, 0.717) is 0 Å². The first kappa shape index (κ1) is 11.1. The van der Waals surface area contributed by atoms with Gasteiger partial charge in [0.25, 0.3) is 0 Å². The Morgan fingerprint density at radius 2 is 2.21 bits per heavy atom. The van der Waals surface area contributed by atoms with Gasteiger partial charge in [0.15, 0.2) is 0 Å². The molecule has 0 aromatic heterocycles. The Balaban J connectivity index is 2.24. The predicted molar refractivity (Wildman–Crippen MR) is 59.1 cm³/mol. The lowest BCUT2D eigenvalue weighted by Crippen LogP contribution is -2.36. The molecule has 1 rings (SSSR count). The van der Waals surface area contributed by atoms with Crippen LogP contribution in [0.25, 0.3) is 0 Å². The summed E-state index contributed by atoms with van der Waals surface area (Å²) in [6.07, 6.45) is 3.52. The standard InChI is InChI=1S/C10H17N3O/c1-10(7-11-2)8-12-9-13-3-5-14-6-4-13/h7-8H,2-6,9H2,1H3/b10-7-,12-8-. The number of nitrogens with zero attached hydrogens (tertiary/aromatic N) is 3. The molecular weight excluding hydrogens is 178 g/mol. The largest absolute Gasteiger partial charge is 0.379 e. The lowest BCUT2D eigenvalue weighted by molar-refractivity contribution is 0.0395. The summed E-state index contributed by atoms with van der Waals surface area (Å²) in [7, 11) is 0. The minimum Gasteiger partial charge on any atom is -0.379 e. The Kier molecular flexibility index (Phi) is 5.11. The van der Waals surface area contributed by atoms with Crippen LogP contribution in [0.1, 0.15) is 6.92 Å². The quantitative estimate of drug-likeness (QED) is 0.626. The molecule has 0 aromatic carbocycles. The van der Waals surface area contributed by atoms with Crippen molar-refractivity contribution in [3.05, 3.63) is 11.8 Å². The molecule has 0 amide bonds. The van der Waals surface area contributed by atoms with Crippen LogP contribution in [0.4, 0.5) is 0 Å². The highest BCUT2D eigenvalue weighted by atomic mass is 16.5. The van der Waals surface area contributed by atoms with E-state index in [4.69, 9.17) is 4.74 Å². The van der Waals surface area contributed by atoms with E-state index >= 15 is 0 Å². The van der Waals surface area contributed by atoms with Crippen molar-refractivity contribution in [1.29, 1.82) is 0 Å². The Bertz CT molecular complexity index is 230. The molecule has 0 radical (unpaired) electrons. The highest BCUT2D eigenvalue weighted by Gasteiger charge is 2.07. The van der Waals surface area contributed by atoms with Gasteiger partial charge < -0.3 is 4.74 Å². The van der Waals surface area contributed by atoms with Gasteiger partial charge in [-0.15, -0.1) is 0 Å². The van der Waals surface area contributed by atoms with E-state index in [0.717, 1.165) is 38.5 Å². The second-order valence-electron chi connectivity index (χ2n) is 3.24. The summed E-state index contributed by atoms with van der Waals surface area (Å²) in [5.41, 5.74) is 1.02. The number of rotatable bonds is 4. The van der Waals surface area contributed by atoms with Crippen molar-refractivity contribution < 1.29 is 4.74 Å². The van der Waals surface area contributed by atoms with Crippen molar-refractivity contribution in [3.63, 3.8) is 0 Å². The van der Waals surface area contributed by atoms with Crippen molar-refractivity contribution in [2.24, 2.45) is 9.98 Å². The first-order chi connectivity index (χ1) is 6.83. The maximum Gasteiger partial charge on any atom is 0.0911 e. The van der Waals surface area contributed by atoms with Crippen molar-refractivity contribution >= 4 is 12.9 Å². The van der Waals surface area contributed by atoms with E-state index in [-0.39, 0.29) is 0 Å². The van der Waals surface area contributed by atoms with E-state index in [1.807, 2.05) is 13.1 Å². The minimum absolute atomic E-state index is 0.742. The third-order valence-electron chi connectivity index (χ3n) is 1.98. The summed E-state index contributed by atoms with van der Waals surface area (Å²) >= 11 is 0.